The predicted molar refractivity (Wildman–Crippen MR) is 60.4 cm³/mol. The number of carbonyl (C=O) groups excluding carboxylic acids is 1. The number of aromatic nitrogens is 1. The monoisotopic (exact) mass is 237 g/mol. The summed E-state index contributed by atoms with van der Waals surface area (Å²) in [6, 6.07) is 3.38. The molecule has 0 spiro atoms. The molecule has 0 aromatic carbocycles. The third-order valence-corrected chi connectivity index (χ3v) is 2.42. The van der Waals surface area contributed by atoms with E-state index in [0.29, 0.717) is 17.7 Å². The standard InChI is InChI=1S/C12H15NO4/c1-3-9(12(15)16)10-5-4-6-13-11(10)7-17-8(2)14/h4-6,9H,3,7H2,1-2H3,(H,15,16). The van der Waals surface area contributed by atoms with Crippen LogP contribution < -0.4 is 0 Å². The van der Waals surface area contributed by atoms with Gasteiger partial charge < -0.3 is 9.84 Å². The Balaban J connectivity index is 2.97. The molecule has 0 aliphatic heterocycles. The van der Waals surface area contributed by atoms with Gasteiger partial charge in [0, 0.05) is 13.1 Å². The Hall–Kier alpha value is -1.91. The van der Waals surface area contributed by atoms with Crippen molar-refractivity contribution in [2.45, 2.75) is 32.8 Å². The molecule has 0 aliphatic rings. The maximum absolute atomic E-state index is 11.1. The van der Waals surface area contributed by atoms with E-state index in [1.54, 1.807) is 25.3 Å². The zero-order chi connectivity index (χ0) is 12.8. The van der Waals surface area contributed by atoms with E-state index >= 15 is 0 Å². The number of nitrogens with zero attached hydrogens (tertiary/aromatic N) is 1. The number of hydrogen-bond donors (Lipinski definition) is 1. The number of aliphatic carboxylic acids is 1. The quantitative estimate of drug-likeness (QED) is 0.789. The van der Waals surface area contributed by atoms with Crippen LogP contribution in [0, 0.1) is 0 Å². The van der Waals surface area contributed by atoms with Gasteiger partial charge in [-0.3, -0.25) is 14.6 Å². The first-order chi connectivity index (χ1) is 8.06. The molecule has 17 heavy (non-hydrogen) atoms. The minimum absolute atomic E-state index is 0.00921. The van der Waals surface area contributed by atoms with Crippen LogP contribution in [0.15, 0.2) is 18.3 Å². The highest BCUT2D eigenvalue weighted by atomic mass is 16.5. The Bertz CT molecular complexity index is 417. The molecule has 0 aliphatic carbocycles. The van der Waals surface area contributed by atoms with Crippen molar-refractivity contribution in [1.82, 2.24) is 4.98 Å². The second-order valence-corrected chi connectivity index (χ2v) is 3.62. The predicted octanol–water partition coefficient (Wildman–Crippen LogP) is 1.72. The third-order valence-electron chi connectivity index (χ3n) is 2.42. The van der Waals surface area contributed by atoms with Crippen molar-refractivity contribution in [3.8, 4) is 0 Å². The highest BCUT2D eigenvalue weighted by Gasteiger charge is 2.21. The molecule has 92 valence electrons. The van der Waals surface area contributed by atoms with E-state index in [1.807, 2.05) is 0 Å². The van der Waals surface area contributed by atoms with Crippen LogP contribution in [0.2, 0.25) is 0 Å². The first kappa shape index (κ1) is 13.2. The summed E-state index contributed by atoms with van der Waals surface area (Å²) in [5.74, 6) is -1.93. The van der Waals surface area contributed by atoms with E-state index in [-0.39, 0.29) is 6.61 Å². The summed E-state index contributed by atoms with van der Waals surface area (Å²) in [6.07, 6.45) is 2.02. The number of rotatable bonds is 5. The van der Waals surface area contributed by atoms with Crippen LogP contribution in [0.4, 0.5) is 0 Å². The number of hydrogen-bond acceptors (Lipinski definition) is 4. The van der Waals surface area contributed by atoms with Crippen molar-refractivity contribution in [3.05, 3.63) is 29.6 Å². The number of pyridine rings is 1. The zero-order valence-electron chi connectivity index (χ0n) is 9.84. The topological polar surface area (TPSA) is 76.5 Å². The minimum Gasteiger partial charge on any atom is -0.481 e. The van der Waals surface area contributed by atoms with Gasteiger partial charge in [0.1, 0.15) is 6.61 Å². The number of ether oxygens (including phenoxy) is 1. The van der Waals surface area contributed by atoms with Gasteiger partial charge in [0.2, 0.25) is 0 Å². The van der Waals surface area contributed by atoms with Crippen molar-refractivity contribution in [3.63, 3.8) is 0 Å². The molecule has 5 nitrogen and oxygen atoms in total. The minimum atomic E-state index is -0.899. The highest BCUT2D eigenvalue weighted by molar-refractivity contribution is 5.76. The molecule has 0 saturated carbocycles. The normalized spacial score (nSPS) is 11.9. The largest absolute Gasteiger partial charge is 0.481 e. The van der Waals surface area contributed by atoms with E-state index in [1.165, 1.54) is 6.92 Å². The van der Waals surface area contributed by atoms with Crippen molar-refractivity contribution >= 4 is 11.9 Å². The lowest BCUT2D eigenvalue weighted by Gasteiger charge is -2.14. The van der Waals surface area contributed by atoms with E-state index in [9.17, 15) is 9.59 Å². The van der Waals surface area contributed by atoms with Crippen LogP contribution in [0.3, 0.4) is 0 Å². The molecule has 1 N–H and O–H groups in total. The SMILES string of the molecule is CCC(C(=O)O)c1cccnc1COC(C)=O. The average molecular weight is 237 g/mol. The summed E-state index contributed by atoms with van der Waals surface area (Å²) in [6.45, 7) is 3.10. The molecular weight excluding hydrogens is 222 g/mol. The third kappa shape index (κ3) is 3.55. The van der Waals surface area contributed by atoms with Gasteiger partial charge in [-0.05, 0) is 18.1 Å². The van der Waals surface area contributed by atoms with Crippen LogP contribution in [0.5, 0.6) is 0 Å². The fraction of sp³-hybridized carbons (Fsp3) is 0.417. The van der Waals surface area contributed by atoms with Crippen LogP contribution in [0.1, 0.15) is 37.4 Å². The zero-order valence-corrected chi connectivity index (χ0v) is 9.84. The lowest BCUT2D eigenvalue weighted by Crippen LogP contribution is -2.14. The molecule has 1 unspecified atom stereocenters. The summed E-state index contributed by atoms with van der Waals surface area (Å²) in [5, 5.41) is 9.09. The summed E-state index contributed by atoms with van der Waals surface area (Å²) in [4.78, 5) is 25.9. The molecule has 0 amide bonds. The molecule has 5 heteroatoms. The number of carboxylic acid groups (broad SMARTS) is 1. The Labute approximate surface area is 99.4 Å². The molecule has 1 rings (SSSR count). The van der Waals surface area contributed by atoms with Gasteiger partial charge in [-0.1, -0.05) is 13.0 Å². The van der Waals surface area contributed by atoms with Gasteiger partial charge in [0.05, 0.1) is 11.6 Å². The Kier molecular flexibility index (Phi) is 4.63. The Morgan fingerprint density at radius 3 is 2.76 bits per heavy atom. The second kappa shape index (κ2) is 5.98. The van der Waals surface area contributed by atoms with Crippen molar-refractivity contribution in [2.75, 3.05) is 0 Å². The Morgan fingerprint density at radius 1 is 1.53 bits per heavy atom. The van der Waals surface area contributed by atoms with Gasteiger partial charge in [0.25, 0.3) is 0 Å². The van der Waals surface area contributed by atoms with Gasteiger partial charge in [-0.25, -0.2) is 0 Å². The molecular formula is C12H15NO4. The number of esters is 1. The van der Waals surface area contributed by atoms with E-state index < -0.39 is 17.9 Å². The second-order valence-electron chi connectivity index (χ2n) is 3.62. The number of carboxylic acids is 1. The molecule has 1 heterocycles. The summed E-state index contributed by atoms with van der Waals surface area (Å²) < 4.78 is 4.85. The molecule has 0 radical (unpaired) electrons. The maximum Gasteiger partial charge on any atom is 0.311 e. The van der Waals surface area contributed by atoms with Crippen LogP contribution >= 0.6 is 0 Å². The molecule has 0 bridgehead atoms. The summed E-state index contributed by atoms with van der Waals surface area (Å²) in [7, 11) is 0. The molecule has 0 saturated heterocycles. The molecule has 1 aromatic rings. The molecule has 0 fully saturated rings. The lowest BCUT2D eigenvalue weighted by molar-refractivity contribution is -0.142. The lowest BCUT2D eigenvalue weighted by atomic mass is 9.95. The van der Waals surface area contributed by atoms with E-state index in [2.05, 4.69) is 4.98 Å². The van der Waals surface area contributed by atoms with Gasteiger partial charge >= 0.3 is 11.9 Å². The van der Waals surface area contributed by atoms with Crippen molar-refractivity contribution in [1.29, 1.82) is 0 Å². The number of carbonyl (C=O) groups is 2. The highest BCUT2D eigenvalue weighted by Crippen LogP contribution is 2.22. The maximum atomic E-state index is 11.1. The smallest absolute Gasteiger partial charge is 0.311 e. The first-order valence-corrected chi connectivity index (χ1v) is 5.36. The van der Waals surface area contributed by atoms with Crippen LogP contribution in [-0.4, -0.2) is 22.0 Å². The van der Waals surface area contributed by atoms with Gasteiger partial charge in [-0.2, -0.15) is 0 Å². The Morgan fingerprint density at radius 2 is 2.24 bits per heavy atom. The average Bonchev–Trinajstić information content (AvgIpc) is 2.28. The van der Waals surface area contributed by atoms with Gasteiger partial charge in [0.15, 0.2) is 0 Å². The molecule has 1 aromatic heterocycles. The first-order valence-electron chi connectivity index (χ1n) is 5.36. The summed E-state index contributed by atoms with van der Waals surface area (Å²) >= 11 is 0. The van der Waals surface area contributed by atoms with Crippen LogP contribution in [0.25, 0.3) is 0 Å². The molecule has 1 atom stereocenters. The van der Waals surface area contributed by atoms with E-state index in [4.69, 9.17) is 9.84 Å². The van der Waals surface area contributed by atoms with Crippen LogP contribution in [-0.2, 0) is 20.9 Å². The summed E-state index contributed by atoms with van der Waals surface area (Å²) in [5.41, 5.74) is 1.10. The fourth-order valence-corrected chi connectivity index (χ4v) is 1.59. The van der Waals surface area contributed by atoms with Crippen molar-refractivity contribution in [2.24, 2.45) is 0 Å². The fourth-order valence-electron chi connectivity index (χ4n) is 1.59. The van der Waals surface area contributed by atoms with E-state index in [0.717, 1.165) is 0 Å². The van der Waals surface area contributed by atoms with Crippen molar-refractivity contribution < 1.29 is 19.4 Å². The van der Waals surface area contributed by atoms with Gasteiger partial charge in [-0.15, -0.1) is 0 Å².